The standard InChI is InChI=1S/C20H27N3O2/c1-15-7-5-6-8-18(15)23-14-11-17(21-23)16-9-12-22(13-10-16)19(24)25-20(2,3)4/h5-8,11,14,16H,9-10,12-13H2,1-4H3. The molecular formula is C20H27N3O2. The van der Waals surface area contributed by atoms with Gasteiger partial charge in [0.05, 0.1) is 11.4 Å². The summed E-state index contributed by atoms with van der Waals surface area (Å²) < 4.78 is 7.41. The lowest BCUT2D eigenvalue weighted by Gasteiger charge is -2.32. The van der Waals surface area contributed by atoms with Gasteiger partial charge in [-0.1, -0.05) is 18.2 Å². The first-order valence-corrected chi connectivity index (χ1v) is 8.93. The molecule has 0 aliphatic carbocycles. The number of likely N-dealkylation sites (tertiary alicyclic amines) is 1. The summed E-state index contributed by atoms with van der Waals surface area (Å²) in [7, 11) is 0. The first-order chi connectivity index (χ1) is 11.8. The molecule has 0 saturated carbocycles. The van der Waals surface area contributed by atoms with Crippen LogP contribution in [0, 0.1) is 6.92 Å². The summed E-state index contributed by atoms with van der Waals surface area (Å²) in [5.41, 5.74) is 2.98. The van der Waals surface area contributed by atoms with Crippen molar-refractivity contribution < 1.29 is 9.53 Å². The number of hydrogen-bond donors (Lipinski definition) is 0. The summed E-state index contributed by atoms with van der Waals surface area (Å²) in [6.07, 6.45) is 3.66. The highest BCUT2D eigenvalue weighted by Gasteiger charge is 2.28. The minimum absolute atomic E-state index is 0.212. The molecule has 0 atom stereocenters. The van der Waals surface area contributed by atoms with Crippen molar-refractivity contribution in [3.05, 3.63) is 47.8 Å². The number of amides is 1. The van der Waals surface area contributed by atoms with Gasteiger partial charge in [0.1, 0.15) is 5.60 Å². The molecule has 1 amide bonds. The molecule has 1 aliphatic rings. The van der Waals surface area contributed by atoms with Crippen LogP contribution in [-0.2, 0) is 4.74 Å². The summed E-state index contributed by atoms with van der Waals surface area (Å²) in [6, 6.07) is 10.3. The van der Waals surface area contributed by atoms with Crippen LogP contribution in [0.5, 0.6) is 0 Å². The third kappa shape index (κ3) is 4.21. The number of ether oxygens (including phenoxy) is 1. The van der Waals surface area contributed by atoms with E-state index in [1.165, 1.54) is 5.56 Å². The van der Waals surface area contributed by atoms with Gasteiger partial charge in [-0.3, -0.25) is 0 Å². The number of piperidine rings is 1. The van der Waals surface area contributed by atoms with Crippen molar-refractivity contribution in [1.29, 1.82) is 0 Å². The second-order valence-corrected chi connectivity index (χ2v) is 7.71. The molecule has 1 saturated heterocycles. The first-order valence-electron chi connectivity index (χ1n) is 8.93. The summed E-state index contributed by atoms with van der Waals surface area (Å²) in [6.45, 7) is 9.23. The quantitative estimate of drug-likeness (QED) is 0.818. The maximum absolute atomic E-state index is 12.2. The molecule has 5 heteroatoms. The van der Waals surface area contributed by atoms with Gasteiger partial charge >= 0.3 is 6.09 Å². The number of aromatic nitrogens is 2. The molecule has 25 heavy (non-hydrogen) atoms. The van der Waals surface area contributed by atoms with Crippen LogP contribution in [0.1, 0.15) is 50.8 Å². The SMILES string of the molecule is Cc1ccccc1-n1ccc(C2CCN(C(=O)OC(C)(C)C)CC2)n1. The van der Waals surface area contributed by atoms with E-state index in [9.17, 15) is 4.79 Å². The topological polar surface area (TPSA) is 47.4 Å². The van der Waals surface area contributed by atoms with Crippen LogP contribution >= 0.6 is 0 Å². The molecule has 2 aromatic rings. The third-order valence-electron chi connectivity index (χ3n) is 4.54. The van der Waals surface area contributed by atoms with Crippen LogP contribution in [-0.4, -0.2) is 39.5 Å². The van der Waals surface area contributed by atoms with Gasteiger partial charge in [0.25, 0.3) is 0 Å². The Morgan fingerprint density at radius 2 is 1.84 bits per heavy atom. The van der Waals surface area contributed by atoms with Crippen LogP contribution < -0.4 is 0 Å². The van der Waals surface area contributed by atoms with Crippen molar-refractivity contribution >= 4 is 6.09 Å². The highest BCUT2D eigenvalue weighted by atomic mass is 16.6. The summed E-state index contributed by atoms with van der Waals surface area (Å²) >= 11 is 0. The van der Waals surface area contributed by atoms with Crippen LogP contribution in [0.4, 0.5) is 4.79 Å². The number of rotatable bonds is 2. The van der Waals surface area contributed by atoms with E-state index in [1.54, 1.807) is 4.90 Å². The Balaban J connectivity index is 1.63. The number of para-hydroxylation sites is 1. The molecule has 0 N–H and O–H groups in total. The van der Waals surface area contributed by atoms with E-state index in [4.69, 9.17) is 9.84 Å². The Bertz CT molecular complexity index is 737. The zero-order chi connectivity index (χ0) is 18.0. The fourth-order valence-electron chi connectivity index (χ4n) is 3.19. The molecule has 0 bridgehead atoms. The number of aryl methyl sites for hydroxylation is 1. The van der Waals surface area contributed by atoms with Gasteiger partial charge in [0, 0.05) is 25.2 Å². The molecule has 0 radical (unpaired) electrons. The molecule has 2 heterocycles. The van der Waals surface area contributed by atoms with E-state index in [0.29, 0.717) is 5.92 Å². The van der Waals surface area contributed by atoms with Crippen molar-refractivity contribution in [3.63, 3.8) is 0 Å². The lowest BCUT2D eigenvalue weighted by molar-refractivity contribution is 0.0204. The zero-order valence-electron chi connectivity index (χ0n) is 15.5. The van der Waals surface area contributed by atoms with E-state index < -0.39 is 5.60 Å². The van der Waals surface area contributed by atoms with E-state index in [0.717, 1.165) is 37.3 Å². The maximum Gasteiger partial charge on any atom is 0.410 e. The van der Waals surface area contributed by atoms with E-state index in [2.05, 4.69) is 25.1 Å². The van der Waals surface area contributed by atoms with Crippen molar-refractivity contribution in [3.8, 4) is 5.69 Å². The Labute approximate surface area is 149 Å². The van der Waals surface area contributed by atoms with Gasteiger partial charge in [-0.2, -0.15) is 5.10 Å². The van der Waals surface area contributed by atoms with Crippen molar-refractivity contribution in [1.82, 2.24) is 14.7 Å². The zero-order valence-corrected chi connectivity index (χ0v) is 15.5. The number of nitrogens with zero attached hydrogens (tertiary/aromatic N) is 3. The summed E-state index contributed by atoms with van der Waals surface area (Å²) in [5, 5.41) is 4.78. The fraction of sp³-hybridized carbons (Fsp3) is 0.500. The molecule has 0 unspecified atom stereocenters. The average molecular weight is 341 g/mol. The Kier molecular flexibility index (Phi) is 4.84. The lowest BCUT2D eigenvalue weighted by atomic mass is 9.94. The van der Waals surface area contributed by atoms with Crippen LogP contribution in [0.15, 0.2) is 36.5 Å². The molecule has 1 aromatic heterocycles. The van der Waals surface area contributed by atoms with Gasteiger partial charge < -0.3 is 9.64 Å². The minimum Gasteiger partial charge on any atom is -0.444 e. The Hall–Kier alpha value is -2.30. The highest BCUT2D eigenvalue weighted by Crippen LogP contribution is 2.28. The van der Waals surface area contributed by atoms with Gasteiger partial charge in [0.2, 0.25) is 0 Å². The van der Waals surface area contributed by atoms with Crippen molar-refractivity contribution in [2.24, 2.45) is 0 Å². The Morgan fingerprint density at radius 3 is 2.48 bits per heavy atom. The molecule has 134 valence electrons. The average Bonchev–Trinajstić information content (AvgIpc) is 3.03. The highest BCUT2D eigenvalue weighted by molar-refractivity contribution is 5.68. The van der Waals surface area contributed by atoms with Crippen LogP contribution in [0.25, 0.3) is 5.69 Å². The largest absolute Gasteiger partial charge is 0.444 e. The molecule has 5 nitrogen and oxygen atoms in total. The second kappa shape index (κ2) is 6.90. The van der Waals surface area contributed by atoms with E-state index >= 15 is 0 Å². The first kappa shape index (κ1) is 17.5. The van der Waals surface area contributed by atoms with Crippen molar-refractivity contribution in [2.45, 2.75) is 52.1 Å². The summed E-state index contributed by atoms with van der Waals surface area (Å²) in [4.78, 5) is 14.0. The van der Waals surface area contributed by atoms with Crippen LogP contribution in [0.3, 0.4) is 0 Å². The smallest absolute Gasteiger partial charge is 0.410 e. The fourth-order valence-corrected chi connectivity index (χ4v) is 3.19. The van der Waals surface area contributed by atoms with Crippen LogP contribution in [0.2, 0.25) is 0 Å². The number of hydrogen-bond acceptors (Lipinski definition) is 3. The van der Waals surface area contributed by atoms with Gasteiger partial charge in [-0.25, -0.2) is 9.48 Å². The third-order valence-corrected chi connectivity index (χ3v) is 4.54. The minimum atomic E-state index is -0.444. The molecule has 1 fully saturated rings. The number of carbonyl (C=O) groups excluding carboxylic acids is 1. The second-order valence-electron chi connectivity index (χ2n) is 7.71. The molecule has 3 rings (SSSR count). The molecular weight excluding hydrogens is 314 g/mol. The summed E-state index contributed by atoms with van der Waals surface area (Å²) in [5.74, 6) is 0.393. The van der Waals surface area contributed by atoms with E-state index in [1.807, 2.05) is 43.8 Å². The normalized spacial score (nSPS) is 16.1. The van der Waals surface area contributed by atoms with Crippen molar-refractivity contribution in [2.75, 3.05) is 13.1 Å². The molecule has 1 aromatic carbocycles. The number of carbonyl (C=O) groups is 1. The maximum atomic E-state index is 12.2. The van der Waals surface area contributed by atoms with Gasteiger partial charge in [-0.05, 0) is 58.2 Å². The van der Waals surface area contributed by atoms with E-state index in [-0.39, 0.29) is 6.09 Å². The Morgan fingerprint density at radius 1 is 1.16 bits per heavy atom. The number of benzene rings is 1. The molecule has 0 spiro atoms. The monoisotopic (exact) mass is 341 g/mol. The molecule has 1 aliphatic heterocycles. The van der Waals surface area contributed by atoms with Gasteiger partial charge in [0.15, 0.2) is 0 Å². The lowest BCUT2D eigenvalue weighted by Crippen LogP contribution is -2.41. The predicted octanol–water partition coefficient (Wildman–Crippen LogP) is 4.30. The predicted molar refractivity (Wildman–Crippen MR) is 98.1 cm³/mol. The van der Waals surface area contributed by atoms with Gasteiger partial charge in [-0.15, -0.1) is 0 Å².